The Morgan fingerprint density at radius 1 is 1.04 bits per heavy atom. The van der Waals surface area contributed by atoms with Crippen LogP contribution in [-0.4, -0.2) is 24.0 Å². The molecule has 1 saturated heterocycles. The first-order valence-electron chi connectivity index (χ1n) is 8.40. The van der Waals surface area contributed by atoms with Gasteiger partial charge in [0, 0.05) is 24.7 Å². The second kappa shape index (κ2) is 7.32. The molecule has 1 aliphatic rings. The smallest absolute Gasteiger partial charge is 0.321 e. The van der Waals surface area contributed by atoms with E-state index in [0.29, 0.717) is 5.92 Å². The minimum Gasteiger partial charge on any atom is -0.324 e. The van der Waals surface area contributed by atoms with Crippen molar-refractivity contribution in [2.45, 2.75) is 32.1 Å². The van der Waals surface area contributed by atoms with Gasteiger partial charge in [-0.05, 0) is 37.0 Å². The van der Waals surface area contributed by atoms with Crippen LogP contribution in [0.15, 0.2) is 54.6 Å². The van der Waals surface area contributed by atoms with E-state index < -0.39 is 0 Å². The van der Waals surface area contributed by atoms with Crippen LogP contribution in [0.4, 0.5) is 10.5 Å². The molecular formula is C20H24N2O. The number of rotatable bonds is 2. The van der Waals surface area contributed by atoms with Gasteiger partial charge in [0.2, 0.25) is 0 Å². The quantitative estimate of drug-likeness (QED) is 0.849. The number of benzene rings is 2. The standard InChI is InChI=1S/C20H24N2O/c1-16-9-5-6-13-19(16)21-20(23)22-14-8-7-12-18(15-22)17-10-3-2-4-11-17/h2-6,9-11,13,18H,7-8,12,14-15H2,1H3,(H,21,23)/t18-/m0/s1. The number of carbonyl (C=O) groups is 1. The third-order valence-corrected chi connectivity index (χ3v) is 4.62. The zero-order valence-corrected chi connectivity index (χ0v) is 13.7. The Labute approximate surface area is 138 Å². The Morgan fingerprint density at radius 2 is 1.78 bits per heavy atom. The molecule has 1 atom stereocenters. The summed E-state index contributed by atoms with van der Waals surface area (Å²) in [6.07, 6.45) is 3.40. The molecule has 0 unspecified atom stereocenters. The van der Waals surface area contributed by atoms with E-state index in [-0.39, 0.29) is 6.03 Å². The third-order valence-electron chi connectivity index (χ3n) is 4.62. The van der Waals surface area contributed by atoms with Gasteiger partial charge < -0.3 is 10.2 Å². The van der Waals surface area contributed by atoms with Crippen molar-refractivity contribution in [2.24, 2.45) is 0 Å². The molecule has 120 valence electrons. The summed E-state index contributed by atoms with van der Waals surface area (Å²) < 4.78 is 0. The SMILES string of the molecule is Cc1ccccc1NC(=O)N1CCCC[C@H](c2ccccc2)C1. The molecule has 2 aromatic rings. The first kappa shape index (κ1) is 15.6. The van der Waals surface area contributed by atoms with Crippen molar-refractivity contribution in [1.29, 1.82) is 0 Å². The van der Waals surface area contributed by atoms with Gasteiger partial charge in [0.05, 0.1) is 0 Å². The second-order valence-corrected chi connectivity index (χ2v) is 6.29. The number of carbonyl (C=O) groups excluding carboxylic acids is 1. The number of hydrogen-bond donors (Lipinski definition) is 1. The molecule has 1 N–H and O–H groups in total. The number of para-hydroxylation sites is 1. The summed E-state index contributed by atoms with van der Waals surface area (Å²) >= 11 is 0. The lowest BCUT2D eigenvalue weighted by Crippen LogP contribution is -2.37. The van der Waals surface area contributed by atoms with Crippen molar-refractivity contribution < 1.29 is 4.79 Å². The van der Waals surface area contributed by atoms with Crippen LogP contribution in [-0.2, 0) is 0 Å². The summed E-state index contributed by atoms with van der Waals surface area (Å²) in [5.74, 6) is 0.432. The number of anilines is 1. The van der Waals surface area contributed by atoms with Gasteiger partial charge in [-0.3, -0.25) is 0 Å². The lowest BCUT2D eigenvalue weighted by molar-refractivity contribution is 0.211. The molecule has 2 aromatic carbocycles. The van der Waals surface area contributed by atoms with Gasteiger partial charge in [0.25, 0.3) is 0 Å². The highest BCUT2D eigenvalue weighted by atomic mass is 16.2. The van der Waals surface area contributed by atoms with Crippen molar-refractivity contribution in [3.8, 4) is 0 Å². The predicted molar refractivity (Wildman–Crippen MR) is 94.8 cm³/mol. The van der Waals surface area contributed by atoms with Gasteiger partial charge >= 0.3 is 6.03 Å². The van der Waals surface area contributed by atoms with Crippen molar-refractivity contribution in [3.05, 3.63) is 65.7 Å². The number of nitrogens with one attached hydrogen (secondary N) is 1. The molecule has 1 aliphatic heterocycles. The Morgan fingerprint density at radius 3 is 2.57 bits per heavy atom. The number of urea groups is 1. The maximum Gasteiger partial charge on any atom is 0.321 e. The lowest BCUT2D eigenvalue weighted by Gasteiger charge is -2.25. The van der Waals surface area contributed by atoms with Crippen molar-refractivity contribution in [1.82, 2.24) is 4.90 Å². The van der Waals surface area contributed by atoms with Crippen LogP contribution in [0, 0.1) is 6.92 Å². The minimum atomic E-state index is 0.0159. The van der Waals surface area contributed by atoms with E-state index in [1.807, 2.05) is 42.2 Å². The Bertz CT molecular complexity index is 654. The van der Waals surface area contributed by atoms with Gasteiger partial charge in [-0.15, -0.1) is 0 Å². The minimum absolute atomic E-state index is 0.0159. The Hall–Kier alpha value is -2.29. The van der Waals surface area contributed by atoms with Crippen LogP contribution in [0.1, 0.15) is 36.3 Å². The topological polar surface area (TPSA) is 32.3 Å². The zero-order valence-electron chi connectivity index (χ0n) is 13.7. The van der Waals surface area contributed by atoms with Gasteiger partial charge in [0.1, 0.15) is 0 Å². The van der Waals surface area contributed by atoms with E-state index in [2.05, 4.69) is 29.6 Å². The summed E-state index contributed by atoms with van der Waals surface area (Å²) in [5.41, 5.74) is 3.33. The largest absolute Gasteiger partial charge is 0.324 e. The van der Waals surface area contributed by atoms with Crippen LogP contribution >= 0.6 is 0 Å². The van der Waals surface area contributed by atoms with Crippen LogP contribution in [0.3, 0.4) is 0 Å². The van der Waals surface area contributed by atoms with Crippen LogP contribution in [0.5, 0.6) is 0 Å². The Kier molecular flexibility index (Phi) is 4.96. The van der Waals surface area contributed by atoms with E-state index in [0.717, 1.165) is 37.2 Å². The molecule has 0 saturated carbocycles. The molecule has 3 rings (SSSR count). The molecule has 0 bridgehead atoms. The highest BCUT2D eigenvalue weighted by Gasteiger charge is 2.23. The van der Waals surface area contributed by atoms with Gasteiger partial charge in [-0.1, -0.05) is 55.0 Å². The molecule has 0 spiro atoms. The molecule has 1 heterocycles. The van der Waals surface area contributed by atoms with Crippen molar-refractivity contribution in [2.75, 3.05) is 18.4 Å². The third kappa shape index (κ3) is 3.92. The highest BCUT2D eigenvalue weighted by Crippen LogP contribution is 2.27. The van der Waals surface area contributed by atoms with Crippen LogP contribution < -0.4 is 5.32 Å². The zero-order chi connectivity index (χ0) is 16.1. The fourth-order valence-corrected chi connectivity index (χ4v) is 3.23. The summed E-state index contributed by atoms with van der Waals surface area (Å²) in [7, 11) is 0. The number of aryl methyl sites for hydroxylation is 1. The normalized spacial score (nSPS) is 18.3. The van der Waals surface area contributed by atoms with Crippen LogP contribution in [0.2, 0.25) is 0 Å². The predicted octanol–water partition coefficient (Wildman–Crippen LogP) is 4.80. The average Bonchev–Trinajstić information content (AvgIpc) is 2.84. The molecule has 0 aromatic heterocycles. The first-order valence-corrected chi connectivity index (χ1v) is 8.40. The summed E-state index contributed by atoms with van der Waals surface area (Å²) in [6, 6.07) is 18.5. The number of amides is 2. The van der Waals surface area contributed by atoms with E-state index in [4.69, 9.17) is 0 Å². The fraction of sp³-hybridized carbons (Fsp3) is 0.350. The summed E-state index contributed by atoms with van der Waals surface area (Å²) in [5, 5.41) is 3.07. The van der Waals surface area contributed by atoms with Gasteiger partial charge in [-0.2, -0.15) is 0 Å². The lowest BCUT2D eigenvalue weighted by atomic mass is 9.94. The van der Waals surface area contributed by atoms with Gasteiger partial charge in [0.15, 0.2) is 0 Å². The van der Waals surface area contributed by atoms with Crippen molar-refractivity contribution in [3.63, 3.8) is 0 Å². The summed E-state index contributed by atoms with van der Waals surface area (Å²) in [4.78, 5) is 14.6. The van der Waals surface area contributed by atoms with E-state index in [9.17, 15) is 4.79 Å². The number of hydrogen-bond acceptors (Lipinski definition) is 1. The molecule has 1 fully saturated rings. The first-order chi connectivity index (χ1) is 11.2. The maximum absolute atomic E-state index is 12.7. The molecule has 23 heavy (non-hydrogen) atoms. The number of likely N-dealkylation sites (tertiary alicyclic amines) is 1. The number of nitrogens with zero attached hydrogens (tertiary/aromatic N) is 1. The highest BCUT2D eigenvalue weighted by molar-refractivity contribution is 5.90. The van der Waals surface area contributed by atoms with E-state index in [1.54, 1.807) is 0 Å². The van der Waals surface area contributed by atoms with Crippen LogP contribution in [0.25, 0.3) is 0 Å². The molecule has 2 amide bonds. The molecule has 0 aliphatic carbocycles. The monoisotopic (exact) mass is 308 g/mol. The molecular weight excluding hydrogens is 284 g/mol. The molecule has 3 nitrogen and oxygen atoms in total. The van der Waals surface area contributed by atoms with Gasteiger partial charge in [-0.25, -0.2) is 4.79 Å². The molecule has 3 heteroatoms. The van der Waals surface area contributed by atoms with E-state index in [1.165, 1.54) is 12.0 Å². The fourth-order valence-electron chi connectivity index (χ4n) is 3.23. The average molecular weight is 308 g/mol. The summed E-state index contributed by atoms with van der Waals surface area (Å²) in [6.45, 7) is 3.65. The second-order valence-electron chi connectivity index (χ2n) is 6.29. The maximum atomic E-state index is 12.7. The van der Waals surface area contributed by atoms with E-state index >= 15 is 0 Å². The Balaban J connectivity index is 1.71. The molecule has 0 radical (unpaired) electrons. The van der Waals surface area contributed by atoms with Crippen molar-refractivity contribution >= 4 is 11.7 Å².